The van der Waals surface area contributed by atoms with Crippen LogP contribution in [0.15, 0.2) is 29.2 Å². The van der Waals surface area contributed by atoms with E-state index >= 15 is 0 Å². The third-order valence-electron chi connectivity index (χ3n) is 3.72. The van der Waals surface area contributed by atoms with E-state index in [4.69, 9.17) is 4.74 Å². The molecule has 0 radical (unpaired) electrons. The van der Waals surface area contributed by atoms with Crippen molar-refractivity contribution in [3.05, 3.63) is 38.3 Å². The molecule has 0 N–H and O–H groups in total. The predicted molar refractivity (Wildman–Crippen MR) is 99.2 cm³/mol. The van der Waals surface area contributed by atoms with Gasteiger partial charge in [-0.25, -0.2) is 0 Å². The molecule has 1 aromatic carbocycles. The van der Waals surface area contributed by atoms with Gasteiger partial charge < -0.3 is 9.64 Å². The molecule has 2 fully saturated rings. The summed E-state index contributed by atoms with van der Waals surface area (Å²) in [7, 11) is 0. The number of halogens is 1. The second-order valence-corrected chi connectivity index (χ2v) is 7.44. The van der Waals surface area contributed by atoms with Gasteiger partial charge in [-0.1, -0.05) is 18.2 Å². The van der Waals surface area contributed by atoms with Crippen LogP contribution >= 0.6 is 34.4 Å². The van der Waals surface area contributed by atoms with E-state index < -0.39 is 11.1 Å². The van der Waals surface area contributed by atoms with Crippen molar-refractivity contribution in [1.82, 2.24) is 9.80 Å². The number of carbonyl (C=O) groups excluding carboxylic acids is 3. The molecule has 2 aliphatic heterocycles. The Morgan fingerprint density at radius 2 is 1.96 bits per heavy atom. The standard InChI is InChI=1S/C16H15IN2O4S/c17-12-4-2-1-3-11(12)9-13-15(21)19(16(22)24-13)10-14(20)18-5-7-23-8-6-18/h1-4,9H,5-8,10H2/b13-9-. The minimum Gasteiger partial charge on any atom is -0.378 e. The fourth-order valence-corrected chi connectivity index (χ4v) is 3.79. The third kappa shape index (κ3) is 3.81. The molecule has 1 aromatic rings. The Hall–Kier alpha value is -1.39. The Labute approximate surface area is 157 Å². The fraction of sp³-hybridized carbons (Fsp3) is 0.312. The highest BCUT2D eigenvalue weighted by Gasteiger charge is 2.37. The Kier molecular flexibility index (Phi) is 5.57. The van der Waals surface area contributed by atoms with Crippen LogP contribution in [-0.2, 0) is 14.3 Å². The molecule has 2 aliphatic rings. The summed E-state index contributed by atoms with van der Waals surface area (Å²) in [5, 5.41) is -0.404. The van der Waals surface area contributed by atoms with Crippen molar-refractivity contribution in [2.45, 2.75) is 0 Å². The summed E-state index contributed by atoms with van der Waals surface area (Å²) in [6.45, 7) is 1.74. The molecule has 24 heavy (non-hydrogen) atoms. The molecular formula is C16H15IN2O4S. The first-order valence-corrected chi connectivity index (χ1v) is 9.31. The second kappa shape index (κ2) is 7.66. The van der Waals surface area contributed by atoms with Crippen molar-refractivity contribution in [3.8, 4) is 0 Å². The van der Waals surface area contributed by atoms with Crippen molar-refractivity contribution >= 4 is 57.5 Å². The lowest BCUT2D eigenvalue weighted by Crippen LogP contribution is -2.46. The molecule has 0 saturated carbocycles. The molecular weight excluding hydrogens is 443 g/mol. The largest absolute Gasteiger partial charge is 0.378 e. The first-order valence-electron chi connectivity index (χ1n) is 7.41. The van der Waals surface area contributed by atoms with Crippen LogP contribution in [0.2, 0.25) is 0 Å². The number of carbonyl (C=O) groups is 3. The van der Waals surface area contributed by atoms with Crippen molar-refractivity contribution in [3.63, 3.8) is 0 Å². The van der Waals surface area contributed by atoms with Crippen LogP contribution in [0.1, 0.15) is 5.56 Å². The van der Waals surface area contributed by atoms with Gasteiger partial charge in [0.25, 0.3) is 11.1 Å². The second-order valence-electron chi connectivity index (χ2n) is 5.28. The zero-order chi connectivity index (χ0) is 17.1. The van der Waals surface area contributed by atoms with Crippen LogP contribution in [0.3, 0.4) is 0 Å². The lowest BCUT2D eigenvalue weighted by Gasteiger charge is -2.28. The summed E-state index contributed by atoms with van der Waals surface area (Å²) in [5.74, 6) is -0.637. The summed E-state index contributed by atoms with van der Waals surface area (Å²) < 4.78 is 6.19. The van der Waals surface area contributed by atoms with Gasteiger partial charge in [0.1, 0.15) is 6.54 Å². The molecule has 8 heteroatoms. The SMILES string of the molecule is O=C(CN1C(=O)S/C(=C\c2ccccc2I)C1=O)N1CCOCC1. The van der Waals surface area contributed by atoms with E-state index in [0.29, 0.717) is 31.2 Å². The van der Waals surface area contributed by atoms with Crippen LogP contribution in [0.5, 0.6) is 0 Å². The van der Waals surface area contributed by atoms with Crippen molar-refractivity contribution in [2.75, 3.05) is 32.8 Å². The van der Waals surface area contributed by atoms with Gasteiger partial charge in [-0.2, -0.15) is 0 Å². The maximum atomic E-state index is 12.5. The molecule has 0 bridgehead atoms. The van der Waals surface area contributed by atoms with Crippen LogP contribution < -0.4 is 0 Å². The van der Waals surface area contributed by atoms with Gasteiger partial charge in [-0.15, -0.1) is 0 Å². The molecule has 6 nitrogen and oxygen atoms in total. The summed E-state index contributed by atoms with van der Waals surface area (Å²) >= 11 is 3.05. The maximum Gasteiger partial charge on any atom is 0.294 e. The summed E-state index contributed by atoms with van der Waals surface area (Å²) in [4.78, 5) is 39.8. The van der Waals surface area contributed by atoms with Gasteiger partial charge in [0.05, 0.1) is 18.1 Å². The molecule has 3 rings (SSSR count). The minimum absolute atomic E-state index is 0.214. The quantitative estimate of drug-likeness (QED) is 0.514. The zero-order valence-electron chi connectivity index (χ0n) is 12.7. The molecule has 0 unspecified atom stereocenters. The molecule has 0 atom stereocenters. The first-order chi connectivity index (χ1) is 11.6. The monoisotopic (exact) mass is 458 g/mol. The van der Waals surface area contributed by atoms with Gasteiger partial charge in [-0.05, 0) is 52.1 Å². The average molecular weight is 458 g/mol. The molecule has 0 aromatic heterocycles. The number of rotatable bonds is 3. The van der Waals surface area contributed by atoms with Crippen molar-refractivity contribution in [2.24, 2.45) is 0 Å². The topological polar surface area (TPSA) is 66.9 Å². The summed E-state index contributed by atoms with van der Waals surface area (Å²) in [5.41, 5.74) is 0.878. The van der Waals surface area contributed by atoms with E-state index in [-0.39, 0.29) is 12.5 Å². The predicted octanol–water partition coefficient (Wildman–Crippen LogP) is 2.19. The highest BCUT2D eigenvalue weighted by molar-refractivity contribution is 14.1. The Balaban J connectivity index is 1.72. The van der Waals surface area contributed by atoms with Gasteiger partial charge >= 0.3 is 0 Å². The van der Waals surface area contributed by atoms with Crippen LogP contribution in [0.4, 0.5) is 4.79 Å². The zero-order valence-corrected chi connectivity index (χ0v) is 15.7. The van der Waals surface area contributed by atoms with E-state index in [1.165, 1.54) is 0 Å². The van der Waals surface area contributed by atoms with E-state index in [2.05, 4.69) is 22.6 Å². The first kappa shape index (κ1) is 17.4. The fourth-order valence-electron chi connectivity index (χ4n) is 2.42. The van der Waals surface area contributed by atoms with E-state index in [1.54, 1.807) is 11.0 Å². The lowest BCUT2D eigenvalue weighted by molar-refractivity contribution is -0.139. The van der Waals surface area contributed by atoms with Gasteiger partial charge in [0.2, 0.25) is 5.91 Å². The van der Waals surface area contributed by atoms with Crippen LogP contribution in [0, 0.1) is 3.57 Å². The molecule has 2 heterocycles. The highest BCUT2D eigenvalue weighted by Crippen LogP contribution is 2.32. The number of morpholine rings is 1. The minimum atomic E-state index is -0.411. The van der Waals surface area contributed by atoms with E-state index in [0.717, 1.165) is 25.8 Å². The lowest BCUT2D eigenvalue weighted by atomic mass is 10.2. The molecule has 0 aliphatic carbocycles. The Morgan fingerprint density at radius 1 is 1.25 bits per heavy atom. The van der Waals surface area contributed by atoms with E-state index in [1.807, 2.05) is 24.3 Å². The van der Waals surface area contributed by atoms with Gasteiger partial charge in [0.15, 0.2) is 0 Å². The van der Waals surface area contributed by atoms with E-state index in [9.17, 15) is 14.4 Å². The van der Waals surface area contributed by atoms with Crippen molar-refractivity contribution < 1.29 is 19.1 Å². The smallest absolute Gasteiger partial charge is 0.294 e. The number of thioether (sulfide) groups is 1. The van der Waals surface area contributed by atoms with Crippen LogP contribution in [-0.4, -0.2) is 59.7 Å². The summed E-state index contributed by atoms with van der Waals surface area (Å²) in [6.07, 6.45) is 1.70. The Bertz CT molecular complexity index is 716. The normalized spacial score (nSPS) is 20.1. The maximum absolute atomic E-state index is 12.5. The number of ether oxygens (including phenoxy) is 1. The number of benzene rings is 1. The van der Waals surface area contributed by atoms with Crippen LogP contribution in [0.25, 0.3) is 6.08 Å². The van der Waals surface area contributed by atoms with Crippen molar-refractivity contribution in [1.29, 1.82) is 0 Å². The number of hydrogen-bond acceptors (Lipinski definition) is 5. The summed E-state index contributed by atoms with van der Waals surface area (Å²) in [6, 6.07) is 7.60. The number of imide groups is 1. The number of nitrogens with zero attached hydrogens (tertiary/aromatic N) is 2. The number of hydrogen-bond donors (Lipinski definition) is 0. The highest BCUT2D eigenvalue weighted by atomic mass is 127. The molecule has 3 amide bonds. The number of amides is 3. The van der Waals surface area contributed by atoms with Gasteiger partial charge in [-0.3, -0.25) is 19.3 Å². The Morgan fingerprint density at radius 3 is 2.67 bits per heavy atom. The molecule has 0 spiro atoms. The molecule has 2 saturated heterocycles. The third-order valence-corrected chi connectivity index (χ3v) is 5.61. The van der Waals surface area contributed by atoms with Gasteiger partial charge in [0, 0.05) is 16.7 Å². The average Bonchev–Trinajstić information content (AvgIpc) is 2.85. The molecule has 126 valence electrons.